The van der Waals surface area contributed by atoms with Crippen LogP contribution in [0.5, 0.6) is 11.8 Å². The number of para-hydroxylation sites is 1. The molecule has 3 rings (SSSR count). The van der Waals surface area contributed by atoms with Crippen LogP contribution >= 0.6 is 12.2 Å². The van der Waals surface area contributed by atoms with Crippen LogP contribution in [0, 0.1) is 6.92 Å². The van der Waals surface area contributed by atoms with Crippen LogP contribution in [0.3, 0.4) is 0 Å². The van der Waals surface area contributed by atoms with E-state index in [-0.39, 0.29) is 11.0 Å². The molecule has 0 spiro atoms. The van der Waals surface area contributed by atoms with Crippen LogP contribution in [0.1, 0.15) is 11.4 Å². The molecule has 6 heteroatoms. The average molecular weight is 296 g/mol. The minimum absolute atomic E-state index is 0.191. The Morgan fingerprint density at radius 1 is 1.14 bits per heavy atom. The van der Waals surface area contributed by atoms with E-state index in [1.54, 1.807) is 12.3 Å². The molecule has 0 unspecified atom stereocenters. The van der Waals surface area contributed by atoms with Crippen molar-refractivity contribution in [1.29, 1.82) is 0 Å². The Morgan fingerprint density at radius 2 is 2.00 bits per heavy atom. The van der Waals surface area contributed by atoms with Crippen molar-refractivity contribution in [3.63, 3.8) is 0 Å². The van der Waals surface area contributed by atoms with Gasteiger partial charge in [0.2, 0.25) is 0 Å². The predicted molar refractivity (Wildman–Crippen MR) is 84.5 cm³/mol. The Bertz CT molecular complexity index is 835. The van der Waals surface area contributed by atoms with Crippen molar-refractivity contribution < 1.29 is 4.74 Å². The van der Waals surface area contributed by atoms with Gasteiger partial charge < -0.3 is 10.5 Å². The number of hydrogen-bond donors (Lipinski definition) is 1. The van der Waals surface area contributed by atoms with Gasteiger partial charge in [0.15, 0.2) is 5.75 Å². The molecular weight excluding hydrogens is 284 g/mol. The van der Waals surface area contributed by atoms with Crippen molar-refractivity contribution in [1.82, 2.24) is 15.0 Å². The van der Waals surface area contributed by atoms with Gasteiger partial charge in [0, 0.05) is 17.3 Å². The molecule has 5 nitrogen and oxygen atoms in total. The number of rotatable bonds is 3. The molecule has 0 radical (unpaired) electrons. The normalized spacial score (nSPS) is 10.5. The van der Waals surface area contributed by atoms with Crippen LogP contribution in [0.4, 0.5) is 0 Å². The molecule has 0 amide bonds. The lowest BCUT2D eigenvalue weighted by molar-refractivity contribution is 0.445. The molecule has 21 heavy (non-hydrogen) atoms. The Balaban J connectivity index is 2.04. The summed E-state index contributed by atoms with van der Waals surface area (Å²) in [7, 11) is 0. The molecule has 0 atom stereocenters. The minimum atomic E-state index is 0.191. The first-order valence-corrected chi connectivity index (χ1v) is 6.71. The number of nitrogens with two attached hydrogens (primary N) is 1. The van der Waals surface area contributed by atoms with E-state index in [1.165, 1.54) is 0 Å². The highest BCUT2D eigenvalue weighted by atomic mass is 32.1. The fraction of sp³-hybridized carbons (Fsp3) is 0.0667. The van der Waals surface area contributed by atoms with E-state index in [0.717, 1.165) is 16.6 Å². The standard InChI is InChI=1S/C15H12N4OS/c1-9-5-6-10-3-2-4-12(13(10)18-9)20-15-17-8-7-11(19-15)14(16)21/h2-8H,1H3,(H2,16,21). The lowest BCUT2D eigenvalue weighted by Gasteiger charge is -2.08. The van der Waals surface area contributed by atoms with E-state index >= 15 is 0 Å². The van der Waals surface area contributed by atoms with Crippen molar-refractivity contribution >= 4 is 28.1 Å². The van der Waals surface area contributed by atoms with Crippen LogP contribution in [0.25, 0.3) is 10.9 Å². The molecule has 0 aliphatic heterocycles. The zero-order valence-corrected chi connectivity index (χ0v) is 12.1. The van der Waals surface area contributed by atoms with Crippen LogP contribution < -0.4 is 10.5 Å². The van der Waals surface area contributed by atoms with E-state index in [4.69, 9.17) is 22.7 Å². The maximum atomic E-state index is 5.74. The summed E-state index contributed by atoms with van der Waals surface area (Å²) >= 11 is 4.90. The maximum absolute atomic E-state index is 5.74. The quantitative estimate of drug-likeness (QED) is 0.749. The third-order valence-electron chi connectivity index (χ3n) is 2.91. The second-order valence-electron chi connectivity index (χ2n) is 4.47. The number of nitrogens with zero attached hydrogens (tertiary/aromatic N) is 3. The lowest BCUT2D eigenvalue weighted by atomic mass is 10.2. The summed E-state index contributed by atoms with van der Waals surface area (Å²) in [6.07, 6.45) is 1.56. The van der Waals surface area contributed by atoms with E-state index in [0.29, 0.717) is 11.4 Å². The average Bonchev–Trinajstić information content (AvgIpc) is 2.48. The highest BCUT2D eigenvalue weighted by Gasteiger charge is 2.08. The van der Waals surface area contributed by atoms with Gasteiger partial charge in [0.05, 0.1) is 0 Å². The molecule has 0 saturated carbocycles. The summed E-state index contributed by atoms with van der Waals surface area (Å²) < 4.78 is 5.74. The first-order valence-electron chi connectivity index (χ1n) is 6.30. The van der Waals surface area contributed by atoms with Crippen molar-refractivity contribution in [3.8, 4) is 11.8 Å². The van der Waals surface area contributed by atoms with Crippen LogP contribution in [0.15, 0.2) is 42.6 Å². The molecule has 104 valence electrons. The molecule has 0 saturated heterocycles. The number of ether oxygens (including phenoxy) is 1. The molecular formula is C15H12N4OS. The predicted octanol–water partition coefficient (Wildman–Crippen LogP) is 2.76. The molecule has 0 aliphatic carbocycles. The summed E-state index contributed by atoms with van der Waals surface area (Å²) in [5.41, 5.74) is 7.71. The van der Waals surface area contributed by atoms with Gasteiger partial charge in [0.25, 0.3) is 0 Å². The molecule has 0 aliphatic rings. The Labute approximate surface area is 126 Å². The summed E-state index contributed by atoms with van der Waals surface area (Å²) in [6.45, 7) is 1.93. The highest BCUT2D eigenvalue weighted by molar-refractivity contribution is 7.80. The third kappa shape index (κ3) is 2.80. The monoisotopic (exact) mass is 296 g/mol. The van der Waals surface area contributed by atoms with Gasteiger partial charge >= 0.3 is 6.01 Å². The Hall–Kier alpha value is -2.60. The molecule has 2 aromatic heterocycles. The van der Waals surface area contributed by atoms with Crippen molar-refractivity contribution in [2.75, 3.05) is 0 Å². The highest BCUT2D eigenvalue weighted by Crippen LogP contribution is 2.27. The SMILES string of the molecule is Cc1ccc2cccc(Oc3nccc(C(N)=S)n3)c2n1. The smallest absolute Gasteiger partial charge is 0.322 e. The van der Waals surface area contributed by atoms with E-state index in [2.05, 4.69) is 15.0 Å². The van der Waals surface area contributed by atoms with Gasteiger partial charge in [-0.2, -0.15) is 4.98 Å². The number of pyridine rings is 1. The summed E-state index contributed by atoms with van der Waals surface area (Å²) in [5.74, 6) is 0.594. The topological polar surface area (TPSA) is 73.9 Å². The van der Waals surface area contributed by atoms with Gasteiger partial charge in [0.1, 0.15) is 16.2 Å². The first kappa shape index (κ1) is 13.4. The molecule has 0 bridgehead atoms. The number of aromatic nitrogens is 3. The lowest BCUT2D eigenvalue weighted by Crippen LogP contribution is -2.12. The zero-order valence-electron chi connectivity index (χ0n) is 11.3. The number of aryl methyl sites for hydroxylation is 1. The van der Waals surface area contributed by atoms with Crippen LogP contribution in [0.2, 0.25) is 0 Å². The maximum Gasteiger partial charge on any atom is 0.322 e. The third-order valence-corrected chi connectivity index (χ3v) is 3.12. The number of thiocarbonyl (C=S) groups is 1. The van der Waals surface area contributed by atoms with E-state index in [9.17, 15) is 0 Å². The molecule has 2 N–H and O–H groups in total. The molecule has 3 aromatic rings. The summed E-state index contributed by atoms with van der Waals surface area (Å²) in [4.78, 5) is 12.9. The molecule has 2 heterocycles. The minimum Gasteiger partial charge on any atom is -0.422 e. The van der Waals surface area contributed by atoms with Crippen LogP contribution in [-0.4, -0.2) is 19.9 Å². The van der Waals surface area contributed by atoms with E-state index in [1.807, 2.05) is 37.3 Å². The second-order valence-corrected chi connectivity index (χ2v) is 4.91. The second kappa shape index (κ2) is 5.41. The molecule has 1 aromatic carbocycles. The van der Waals surface area contributed by atoms with Gasteiger partial charge in [-0.05, 0) is 25.1 Å². The Morgan fingerprint density at radius 3 is 2.81 bits per heavy atom. The van der Waals surface area contributed by atoms with Gasteiger partial charge in [-0.25, -0.2) is 9.97 Å². The Kier molecular flexibility index (Phi) is 3.45. The van der Waals surface area contributed by atoms with Gasteiger partial charge in [-0.15, -0.1) is 0 Å². The summed E-state index contributed by atoms with van der Waals surface area (Å²) in [6, 6.07) is 11.5. The van der Waals surface area contributed by atoms with Crippen LogP contribution in [-0.2, 0) is 0 Å². The fourth-order valence-electron chi connectivity index (χ4n) is 1.93. The molecule has 0 fully saturated rings. The van der Waals surface area contributed by atoms with Crippen molar-refractivity contribution in [2.24, 2.45) is 5.73 Å². The van der Waals surface area contributed by atoms with E-state index < -0.39 is 0 Å². The van der Waals surface area contributed by atoms with Gasteiger partial charge in [-0.3, -0.25) is 0 Å². The first-order chi connectivity index (χ1) is 10.1. The number of fused-ring (bicyclic) bond motifs is 1. The van der Waals surface area contributed by atoms with Gasteiger partial charge in [-0.1, -0.05) is 30.4 Å². The number of hydrogen-bond acceptors (Lipinski definition) is 5. The zero-order chi connectivity index (χ0) is 14.8. The fourth-order valence-corrected chi connectivity index (χ4v) is 2.04. The largest absolute Gasteiger partial charge is 0.422 e. The summed E-state index contributed by atoms with van der Waals surface area (Å²) in [5, 5.41) is 0.989. The van der Waals surface area contributed by atoms with Crippen molar-refractivity contribution in [2.45, 2.75) is 6.92 Å². The number of benzene rings is 1. The van der Waals surface area contributed by atoms with Crippen molar-refractivity contribution in [3.05, 3.63) is 54.0 Å².